The first-order valence-electron chi connectivity index (χ1n) is 11.2. The van der Waals surface area contributed by atoms with Crippen LogP contribution in [0.25, 0.3) is 17.1 Å². The summed E-state index contributed by atoms with van der Waals surface area (Å²) in [7, 11) is 3.32. The van der Waals surface area contributed by atoms with Crippen molar-refractivity contribution in [2.75, 3.05) is 26.6 Å². The summed E-state index contributed by atoms with van der Waals surface area (Å²) >= 11 is 1.63. The Morgan fingerprint density at radius 3 is 2.06 bits per heavy atom. The van der Waals surface area contributed by atoms with E-state index in [9.17, 15) is 0 Å². The predicted octanol–water partition coefficient (Wildman–Crippen LogP) is 6.25. The van der Waals surface area contributed by atoms with Gasteiger partial charge in [0.1, 0.15) is 17.2 Å². The zero-order chi connectivity index (χ0) is 23.9. The topological polar surface area (TPSA) is 58.4 Å². The molecule has 0 aliphatic carbocycles. The van der Waals surface area contributed by atoms with Crippen molar-refractivity contribution in [3.63, 3.8) is 0 Å². The molecule has 0 fully saturated rings. The fraction of sp³-hybridized carbons (Fsp3) is 0.259. The number of hydrogen-bond donors (Lipinski definition) is 0. The largest absolute Gasteiger partial charge is 0.497 e. The van der Waals surface area contributed by atoms with Gasteiger partial charge in [-0.3, -0.25) is 4.57 Å². The van der Waals surface area contributed by atoms with E-state index in [2.05, 4.69) is 52.9 Å². The van der Waals surface area contributed by atoms with E-state index in [-0.39, 0.29) is 0 Å². The maximum atomic E-state index is 5.90. The highest BCUT2D eigenvalue weighted by atomic mass is 32.2. The SMILES string of the molecule is COc1ccc(OCCSc2nnc(-c3ccc(OC)cc3)n2-c2ccccc2C(C)C)cc1. The van der Waals surface area contributed by atoms with Crippen molar-refractivity contribution in [3.05, 3.63) is 78.4 Å². The van der Waals surface area contributed by atoms with E-state index in [1.807, 2.05) is 48.5 Å². The van der Waals surface area contributed by atoms with Crippen molar-refractivity contribution in [2.24, 2.45) is 0 Å². The molecule has 6 nitrogen and oxygen atoms in total. The zero-order valence-electron chi connectivity index (χ0n) is 19.9. The Labute approximate surface area is 204 Å². The Balaban J connectivity index is 1.59. The first kappa shape index (κ1) is 23.7. The minimum atomic E-state index is 0.360. The molecule has 0 spiro atoms. The van der Waals surface area contributed by atoms with E-state index in [4.69, 9.17) is 14.2 Å². The van der Waals surface area contributed by atoms with E-state index < -0.39 is 0 Å². The number of hydrogen-bond acceptors (Lipinski definition) is 6. The van der Waals surface area contributed by atoms with Crippen LogP contribution in [0.2, 0.25) is 0 Å². The number of benzene rings is 3. The summed E-state index contributed by atoms with van der Waals surface area (Å²) in [6.07, 6.45) is 0. The lowest BCUT2D eigenvalue weighted by atomic mass is 10.0. The van der Waals surface area contributed by atoms with Crippen LogP contribution in [-0.2, 0) is 0 Å². The van der Waals surface area contributed by atoms with Gasteiger partial charge in [-0.25, -0.2) is 0 Å². The lowest BCUT2D eigenvalue weighted by molar-refractivity contribution is 0.342. The summed E-state index contributed by atoms with van der Waals surface area (Å²) in [5.74, 6) is 4.32. The molecule has 0 saturated carbocycles. The molecule has 0 amide bonds. The molecule has 4 aromatic rings. The molecule has 0 aliphatic rings. The van der Waals surface area contributed by atoms with Gasteiger partial charge in [-0.1, -0.05) is 43.8 Å². The van der Waals surface area contributed by atoms with Gasteiger partial charge in [0.15, 0.2) is 11.0 Å². The maximum Gasteiger partial charge on any atom is 0.196 e. The highest BCUT2D eigenvalue weighted by Crippen LogP contribution is 2.32. The lowest BCUT2D eigenvalue weighted by Gasteiger charge is -2.17. The molecule has 1 heterocycles. The second-order valence-corrected chi connectivity index (χ2v) is 9.02. The molecule has 0 atom stereocenters. The van der Waals surface area contributed by atoms with Crippen LogP contribution in [0.1, 0.15) is 25.3 Å². The fourth-order valence-electron chi connectivity index (χ4n) is 3.65. The highest BCUT2D eigenvalue weighted by molar-refractivity contribution is 7.99. The number of ether oxygens (including phenoxy) is 3. The third-order valence-corrected chi connectivity index (χ3v) is 6.32. The van der Waals surface area contributed by atoms with E-state index in [0.717, 1.165) is 45.2 Å². The fourth-order valence-corrected chi connectivity index (χ4v) is 4.41. The van der Waals surface area contributed by atoms with Crippen LogP contribution in [0.4, 0.5) is 0 Å². The van der Waals surface area contributed by atoms with Crippen molar-refractivity contribution in [3.8, 4) is 34.3 Å². The number of nitrogens with zero attached hydrogens (tertiary/aromatic N) is 3. The summed E-state index contributed by atoms with van der Waals surface area (Å²) in [4.78, 5) is 0. The second-order valence-electron chi connectivity index (χ2n) is 7.96. The summed E-state index contributed by atoms with van der Waals surface area (Å²) in [5.41, 5.74) is 3.31. The average molecular weight is 476 g/mol. The van der Waals surface area contributed by atoms with Crippen LogP contribution in [-0.4, -0.2) is 41.3 Å². The van der Waals surface area contributed by atoms with Gasteiger partial charge in [0.25, 0.3) is 0 Å². The molecule has 0 bridgehead atoms. The molecule has 0 saturated heterocycles. The zero-order valence-corrected chi connectivity index (χ0v) is 20.7. The Kier molecular flexibility index (Phi) is 7.75. The molecule has 7 heteroatoms. The van der Waals surface area contributed by atoms with Crippen LogP contribution in [0.15, 0.2) is 78.0 Å². The summed E-state index contributed by atoms with van der Waals surface area (Å²) in [6.45, 7) is 4.95. The Hall–Kier alpha value is -3.45. The molecular formula is C27H29N3O3S. The van der Waals surface area contributed by atoms with Crippen molar-refractivity contribution in [1.82, 2.24) is 14.8 Å². The number of para-hydroxylation sites is 1. The molecule has 0 N–H and O–H groups in total. The van der Waals surface area contributed by atoms with Gasteiger partial charge in [-0.05, 0) is 66.1 Å². The minimum Gasteiger partial charge on any atom is -0.497 e. The number of methoxy groups -OCH3 is 2. The van der Waals surface area contributed by atoms with Crippen molar-refractivity contribution >= 4 is 11.8 Å². The first-order chi connectivity index (χ1) is 16.6. The van der Waals surface area contributed by atoms with Crippen LogP contribution in [0, 0.1) is 0 Å². The summed E-state index contributed by atoms with van der Waals surface area (Å²) in [6, 6.07) is 23.9. The molecule has 1 aromatic heterocycles. The van der Waals surface area contributed by atoms with Crippen LogP contribution in [0.3, 0.4) is 0 Å². The summed E-state index contributed by atoms with van der Waals surface area (Å²) < 4.78 is 18.6. The standard InChI is InChI=1S/C27H29N3O3S/c1-19(2)24-7-5-6-8-25(24)30-26(20-9-11-21(31-3)12-10-20)28-29-27(30)34-18-17-33-23-15-13-22(32-4)14-16-23/h5-16,19H,17-18H2,1-4H3. The van der Waals surface area contributed by atoms with Gasteiger partial charge in [-0.15, -0.1) is 10.2 Å². The lowest BCUT2D eigenvalue weighted by Crippen LogP contribution is -2.06. The molecule has 34 heavy (non-hydrogen) atoms. The van der Waals surface area contributed by atoms with E-state index >= 15 is 0 Å². The van der Waals surface area contributed by atoms with Crippen LogP contribution in [0.5, 0.6) is 17.2 Å². The third-order valence-electron chi connectivity index (χ3n) is 5.42. The van der Waals surface area contributed by atoms with Gasteiger partial charge < -0.3 is 14.2 Å². The molecule has 4 rings (SSSR count). The number of rotatable bonds is 10. The second kappa shape index (κ2) is 11.1. The molecular weight excluding hydrogens is 446 g/mol. The van der Waals surface area contributed by atoms with E-state index in [1.165, 1.54) is 5.56 Å². The van der Waals surface area contributed by atoms with Gasteiger partial charge in [0.2, 0.25) is 0 Å². The van der Waals surface area contributed by atoms with Crippen molar-refractivity contribution in [2.45, 2.75) is 24.9 Å². The first-order valence-corrected chi connectivity index (χ1v) is 12.2. The van der Waals surface area contributed by atoms with Gasteiger partial charge >= 0.3 is 0 Å². The molecule has 0 aliphatic heterocycles. The van der Waals surface area contributed by atoms with Gasteiger partial charge in [0, 0.05) is 11.3 Å². The molecule has 3 aromatic carbocycles. The average Bonchev–Trinajstić information content (AvgIpc) is 3.30. The van der Waals surface area contributed by atoms with E-state index in [1.54, 1.807) is 26.0 Å². The predicted molar refractivity (Wildman–Crippen MR) is 137 cm³/mol. The number of aromatic nitrogens is 3. The van der Waals surface area contributed by atoms with Crippen molar-refractivity contribution < 1.29 is 14.2 Å². The van der Waals surface area contributed by atoms with Gasteiger partial charge in [0.05, 0.1) is 26.5 Å². The molecule has 176 valence electrons. The highest BCUT2D eigenvalue weighted by Gasteiger charge is 2.19. The maximum absolute atomic E-state index is 5.90. The Bertz CT molecular complexity index is 1200. The normalized spacial score (nSPS) is 11.0. The van der Waals surface area contributed by atoms with E-state index in [0.29, 0.717) is 12.5 Å². The molecule has 0 radical (unpaired) electrons. The van der Waals surface area contributed by atoms with Crippen molar-refractivity contribution in [1.29, 1.82) is 0 Å². The quantitative estimate of drug-likeness (QED) is 0.200. The Morgan fingerprint density at radius 1 is 0.794 bits per heavy atom. The third kappa shape index (κ3) is 5.37. The van der Waals surface area contributed by atoms with Crippen LogP contribution >= 0.6 is 11.8 Å². The molecule has 0 unspecified atom stereocenters. The summed E-state index contributed by atoms with van der Waals surface area (Å²) in [5, 5.41) is 9.95. The smallest absolute Gasteiger partial charge is 0.196 e. The van der Waals surface area contributed by atoms with Gasteiger partial charge in [-0.2, -0.15) is 0 Å². The van der Waals surface area contributed by atoms with Crippen LogP contribution < -0.4 is 14.2 Å². The Morgan fingerprint density at radius 2 is 1.41 bits per heavy atom. The number of thioether (sulfide) groups is 1. The minimum absolute atomic E-state index is 0.360. The monoisotopic (exact) mass is 475 g/mol.